The van der Waals surface area contributed by atoms with E-state index in [0.717, 1.165) is 12.2 Å². The van der Waals surface area contributed by atoms with Crippen LogP contribution in [-0.2, 0) is 4.74 Å². The predicted molar refractivity (Wildman–Crippen MR) is 71.5 cm³/mol. The molecule has 3 N–H and O–H groups in total. The molecular weight excluding hydrogens is 246 g/mol. The number of nitrogens with zero attached hydrogens (tertiary/aromatic N) is 4. The molecule has 0 aromatic carbocycles. The number of morpholine rings is 1. The Morgan fingerprint density at radius 2 is 2.26 bits per heavy atom. The summed E-state index contributed by atoms with van der Waals surface area (Å²) in [6.07, 6.45) is 0.132. The van der Waals surface area contributed by atoms with E-state index < -0.39 is 0 Å². The first-order chi connectivity index (χ1) is 9.01. The topological polar surface area (TPSA) is 96.9 Å². The lowest BCUT2D eigenvalue weighted by molar-refractivity contribution is 0.0337. The number of rotatable bonds is 2. The van der Waals surface area contributed by atoms with E-state index in [0.29, 0.717) is 18.2 Å². The third-order valence-electron chi connectivity index (χ3n) is 3.08. The fourth-order valence-corrected chi connectivity index (χ4v) is 2.05. The largest absolute Gasteiger partial charge is 0.409 e. The van der Waals surface area contributed by atoms with Crippen molar-refractivity contribution >= 4 is 11.8 Å². The third kappa shape index (κ3) is 2.93. The lowest BCUT2D eigenvalue weighted by Gasteiger charge is -2.36. The quantitative estimate of drug-likeness (QED) is 0.350. The number of hydrogen-bond acceptors (Lipinski definition) is 6. The second-order valence-corrected chi connectivity index (χ2v) is 4.83. The molecule has 1 aromatic heterocycles. The average Bonchev–Trinajstić information content (AvgIpc) is 2.39. The summed E-state index contributed by atoms with van der Waals surface area (Å²) in [5.74, 6) is 0.574. The number of aromatic nitrogens is 2. The van der Waals surface area contributed by atoms with E-state index in [4.69, 9.17) is 15.7 Å². The van der Waals surface area contributed by atoms with E-state index in [2.05, 4.69) is 26.9 Å². The van der Waals surface area contributed by atoms with Gasteiger partial charge in [-0.1, -0.05) is 5.16 Å². The van der Waals surface area contributed by atoms with Crippen LogP contribution in [0.5, 0.6) is 0 Å². The second kappa shape index (κ2) is 5.40. The van der Waals surface area contributed by atoms with Crippen molar-refractivity contribution in [1.82, 2.24) is 9.97 Å². The molecular formula is C12H19N5O2. The summed E-state index contributed by atoms with van der Waals surface area (Å²) in [5, 5.41) is 11.7. The highest BCUT2D eigenvalue weighted by molar-refractivity contribution is 5.95. The normalized spacial score (nSPS) is 24.6. The van der Waals surface area contributed by atoms with Crippen molar-refractivity contribution in [2.45, 2.75) is 32.9 Å². The van der Waals surface area contributed by atoms with Crippen LogP contribution in [0.1, 0.15) is 25.2 Å². The summed E-state index contributed by atoms with van der Waals surface area (Å²) in [6, 6.07) is 1.88. The van der Waals surface area contributed by atoms with Crippen molar-refractivity contribution in [3.05, 3.63) is 17.5 Å². The van der Waals surface area contributed by atoms with Crippen molar-refractivity contribution in [2.75, 3.05) is 18.1 Å². The molecule has 2 rings (SSSR count). The predicted octanol–water partition coefficient (Wildman–Crippen LogP) is 0.493. The molecule has 2 unspecified atom stereocenters. The molecule has 104 valence electrons. The molecule has 0 saturated carbocycles. The van der Waals surface area contributed by atoms with Crippen LogP contribution in [0.25, 0.3) is 0 Å². The van der Waals surface area contributed by atoms with Crippen LogP contribution in [0.2, 0.25) is 0 Å². The summed E-state index contributed by atoms with van der Waals surface area (Å²) >= 11 is 0. The van der Waals surface area contributed by atoms with Crippen molar-refractivity contribution in [3.63, 3.8) is 0 Å². The van der Waals surface area contributed by atoms with E-state index >= 15 is 0 Å². The molecule has 2 atom stereocenters. The van der Waals surface area contributed by atoms with Crippen LogP contribution in [-0.4, -0.2) is 46.3 Å². The molecule has 0 bridgehead atoms. The summed E-state index contributed by atoms with van der Waals surface area (Å²) in [7, 11) is 0. The minimum absolute atomic E-state index is 0.0132. The molecule has 2 heterocycles. The van der Waals surface area contributed by atoms with Gasteiger partial charge in [0.05, 0.1) is 18.8 Å². The van der Waals surface area contributed by atoms with Gasteiger partial charge in [-0.15, -0.1) is 0 Å². The van der Waals surface area contributed by atoms with Gasteiger partial charge in [0.1, 0.15) is 5.69 Å². The van der Waals surface area contributed by atoms with E-state index in [1.54, 1.807) is 6.07 Å². The van der Waals surface area contributed by atoms with Crippen LogP contribution in [0.4, 0.5) is 5.95 Å². The van der Waals surface area contributed by atoms with Gasteiger partial charge >= 0.3 is 0 Å². The first-order valence-corrected chi connectivity index (χ1v) is 6.23. The van der Waals surface area contributed by atoms with Crippen molar-refractivity contribution in [2.24, 2.45) is 10.9 Å². The Morgan fingerprint density at radius 3 is 2.95 bits per heavy atom. The maximum Gasteiger partial charge on any atom is 0.226 e. The number of nitrogens with two attached hydrogens (primary N) is 1. The smallest absolute Gasteiger partial charge is 0.226 e. The summed E-state index contributed by atoms with van der Waals surface area (Å²) in [5.41, 5.74) is 6.79. The average molecular weight is 265 g/mol. The van der Waals surface area contributed by atoms with Gasteiger partial charge in [0.2, 0.25) is 5.95 Å². The highest BCUT2D eigenvalue weighted by atomic mass is 16.5. The lowest BCUT2D eigenvalue weighted by Crippen LogP contribution is -2.48. The zero-order valence-corrected chi connectivity index (χ0v) is 11.4. The Hall–Kier alpha value is -1.89. The molecule has 7 nitrogen and oxygen atoms in total. The maximum absolute atomic E-state index is 8.74. The zero-order chi connectivity index (χ0) is 14.0. The van der Waals surface area contributed by atoms with Gasteiger partial charge in [0, 0.05) is 12.2 Å². The lowest BCUT2D eigenvalue weighted by atomic mass is 10.2. The van der Waals surface area contributed by atoms with Crippen LogP contribution >= 0.6 is 0 Å². The van der Waals surface area contributed by atoms with E-state index in [1.807, 2.05) is 13.8 Å². The number of ether oxygens (including phenoxy) is 1. The van der Waals surface area contributed by atoms with Gasteiger partial charge in [-0.25, -0.2) is 9.97 Å². The van der Waals surface area contributed by atoms with E-state index in [1.165, 1.54) is 0 Å². The summed E-state index contributed by atoms with van der Waals surface area (Å²) in [4.78, 5) is 10.9. The minimum Gasteiger partial charge on any atom is -0.409 e. The van der Waals surface area contributed by atoms with Crippen LogP contribution in [0, 0.1) is 6.92 Å². The molecule has 1 saturated heterocycles. The summed E-state index contributed by atoms with van der Waals surface area (Å²) in [6.45, 7) is 7.28. The van der Waals surface area contributed by atoms with E-state index in [-0.39, 0.29) is 18.0 Å². The van der Waals surface area contributed by atoms with Crippen molar-refractivity contribution < 1.29 is 9.94 Å². The van der Waals surface area contributed by atoms with E-state index in [9.17, 15) is 0 Å². The molecule has 7 heteroatoms. The Bertz CT molecular complexity index is 491. The molecule has 0 aliphatic carbocycles. The Balaban J connectivity index is 2.36. The molecule has 0 amide bonds. The summed E-state index contributed by atoms with van der Waals surface area (Å²) < 4.78 is 5.59. The monoisotopic (exact) mass is 265 g/mol. The number of hydrogen-bond donors (Lipinski definition) is 2. The molecule has 1 aliphatic rings. The standard InChI is InChI=1S/C12H19N5O2/c1-7-4-10(11(13)16-18)15-12(14-7)17-5-9(3)19-6-8(17)2/h4,8-9,18H,5-6H2,1-3H3,(H2,13,16). The van der Waals surface area contributed by atoms with Crippen LogP contribution in [0.3, 0.4) is 0 Å². The SMILES string of the molecule is Cc1cc(/C(N)=N/O)nc(N2CC(C)OCC2C)n1. The zero-order valence-electron chi connectivity index (χ0n) is 11.4. The Labute approximate surface area is 112 Å². The van der Waals surface area contributed by atoms with Gasteiger partial charge in [0.15, 0.2) is 5.84 Å². The number of aryl methyl sites for hydroxylation is 1. The second-order valence-electron chi connectivity index (χ2n) is 4.83. The van der Waals surface area contributed by atoms with Crippen LogP contribution < -0.4 is 10.6 Å². The molecule has 1 aliphatic heterocycles. The van der Waals surface area contributed by atoms with Gasteiger partial charge in [-0.3, -0.25) is 0 Å². The fraction of sp³-hybridized carbons (Fsp3) is 0.583. The third-order valence-corrected chi connectivity index (χ3v) is 3.08. The first-order valence-electron chi connectivity index (χ1n) is 6.23. The van der Waals surface area contributed by atoms with Crippen LogP contribution in [0.15, 0.2) is 11.2 Å². The number of anilines is 1. The molecule has 0 radical (unpaired) electrons. The van der Waals surface area contributed by atoms with Gasteiger partial charge in [0.25, 0.3) is 0 Å². The maximum atomic E-state index is 8.74. The number of oxime groups is 1. The highest BCUT2D eigenvalue weighted by Gasteiger charge is 2.26. The van der Waals surface area contributed by atoms with Crippen molar-refractivity contribution in [1.29, 1.82) is 0 Å². The van der Waals surface area contributed by atoms with Crippen molar-refractivity contribution in [3.8, 4) is 0 Å². The Morgan fingerprint density at radius 1 is 1.53 bits per heavy atom. The van der Waals surface area contributed by atoms with Gasteiger partial charge in [-0.05, 0) is 26.8 Å². The van der Waals surface area contributed by atoms with Gasteiger partial charge < -0.3 is 20.6 Å². The van der Waals surface area contributed by atoms with Gasteiger partial charge in [-0.2, -0.15) is 0 Å². The molecule has 1 fully saturated rings. The molecule has 0 spiro atoms. The first kappa shape index (κ1) is 13.5. The highest BCUT2D eigenvalue weighted by Crippen LogP contribution is 2.18. The minimum atomic E-state index is -0.0132. The Kier molecular flexibility index (Phi) is 3.84. The number of amidine groups is 1. The molecule has 1 aromatic rings. The fourth-order valence-electron chi connectivity index (χ4n) is 2.05. The molecule has 19 heavy (non-hydrogen) atoms.